The van der Waals surface area contributed by atoms with Gasteiger partial charge >= 0.3 is 0 Å². The van der Waals surface area contributed by atoms with Gasteiger partial charge in [0.05, 0.1) is 6.54 Å². The maximum absolute atomic E-state index is 13.0. The monoisotopic (exact) mass is 347 g/mol. The number of nitrogens with zero attached hydrogens (tertiary/aromatic N) is 2. The van der Waals surface area contributed by atoms with E-state index >= 15 is 0 Å². The fourth-order valence-electron chi connectivity index (χ4n) is 4.06. The van der Waals surface area contributed by atoms with Gasteiger partial charge in [-0.25, -0.2) is 4.39 Å². The summed E-state index contributed by atoms with van der Waals surface area (Å²) in [4.78, 5) is 16.9. The fraction of sp³-hybridized carbons (Fsp3) is 0.650. The van der Waals surface area contributed by atoms with Gasteiger partial charge in [-0.2, -0.15) is 0 Å². The predicted molar refractivity (Wildman–Crippen MR) is 99.2 cm³/mol. The molecule has 0 unspecified atom stereocenters. The van der Waals surface area contributed by atoms with Crippen molar-refractivity contribution < 1.29 is 9.18 Å². The molecule has 1 aliphatic heterocycles. The first-order chi connectivity index (χ1) is 12.0. The highest BCUT2D eigenvalue weighted by molar-refractivity contribution is 5.78. The first-order valence-electron chi connectivity index (χ1n) is 9.55. The van der Waals surface area contributed by atoms with Gasteiger partial charge in [-0.05, 0) is 42.5 Å². The molecule has 1 saturated carbocycles. The number of benzene rings is 1. The van der Waals surface area contributed by atoms with Crippen molar-refractivity contribution in [2.75, 3.05) is 37.6 Å². The van der Waals surface area contributed by atoms with Crippen molar-refractivity contribution in [3.8, 4) is 0 Å². The van der Waals surface area contributed by atoms with Crippen molar-refractivity contribution in [2.45, 2.75) is 39.2 Å². The van der Waals surface area contributed by atoms with Crippen molar-refractivity contribution >= 4 is 11.6 Å². The average Bonchev–Trinajstić information content (AvgIpc) is 2.60. The second-order valence-electron chi connectivity index (χ2n) is 7.68. The van der Waals surface area contributed by atoms with E-state index in [0.717, 1.165) is 38.3 Å². The zero-order valence-electron chi connectivity index (χ0n) is 15.4. The number of carbonyl (C=O) groups excluding carboxylic acids is 1. The molecule has 25 heavy (non-hydrogen) atoms. The zero-order chi connectivity index (χ0) is 17.8. The first kappa shape index (κ1) is 18.2. The van der Waals surface area contributed by atoms with Gasteiger partial charge in [-0.3, -0.25) is 9.69 Å². The summed E-state index contributed by atoms with van der Waals surface area (Å²) in [6.45, 7) is 8.50. The first-order valence-corrected chi connectivity index (χ1v) is 9.55. The lowest BCUT2D eigenvalue weighted by Gasteiger charge is -2.37. The van der Waals surface area contributed by atoms with E-state index in [-0.39, 0.29) is 11.7 Å². The number of piperazine rings is 1. The van der Waals surface area contributed by atoms with E-state index in [9.17, 15) is 9.18 Å². The van der Waals surface area contributed by atoms with Crippen LogP contribution in [0.15, 0.2) is 24.3 Å². The molecule has 1 amide bonds. The molecule has 0 bridgehead atoms. The highest BCUT2D eigenvalue weighted by Crippen LogP contribution is 2.29. The Hall–Kier alpha value is -1.62. The number of carbonyl (C=O) groups is 1. The van der Waals surface area contributed by atoms with E-state index in [1.54, 1.807) is 0 Å². The molecule has 4 nitrogen and oxygen atoms in total. The molecular weight excluding hydrogens is 317 g/mol. The molecule has 0 aromatic heterocycles. The van der Waals surface area contributed by atoms with Gasteiger partial charge in [0.1, 0.15) is 5.82 Å². The van der Waals surface area contributed by atoms with Crippen LogP contribution in [0.25, 0.3) is 0 Å². The molecule has 2 fully saturated rings. The molecule has 3 atom stereocenters. The predicted octanol–water partition coefficient (Wildman–Crippen LogP) is 2.89. The maximum atomic E-state index is 13.0. The summed E-state index contributed by atoms with van der Waals surface area (Å²) in [5.41, 5.74) is 1.05. The Balaban J connectivity index is 1.44. The van der Waals surface area contributed by atoms with Crippen LogP contribution in [0.3, 0.4) is 0 Å². The Kier molecular flexibility index (Phi) is 5.94. The van der Waals surface area contributed by atoms with Gasteiger partial charge in [-0.15, -0.1) is 0 Å². The molecule has 5 heteroatoms. The van der Waals surface area contributed by atoms with E-state index < -0.39 is 0 Å². The molecule has 3 rings (SSSR count). The number of hydrogen-bond donors (Lipinski definition) is 1. The van der Waals surface area contributed by atoms with Gasteiger partial charge in [0.2, 0.25) is 5.91 Å². The molecule has 0 radical (unpaired) electrons. The minimum absolute atomic E-state index is 0.154. The minimum Gasteiger partial charge on any atom is -0.369 e. The van der Waals surface area contributed by atoms with Crippen LogP contribution in [-0.2, 0) is 4.79 Å². The van der Waals surface area contributed by atoms with Crippen molar-refractivity contribution in [3.63, 3.8) is 0 Å². The quantitative estimate of drug-likeness (QED) is 0.910. The van der Waals surface area contributed by atoms with E-state index in [0.29, 0.717) is 24.4 Å². The van der Waals surface area contributed by atoms with Crippen molar-refractivity contribution in [2.24, 2.45) is 11.8 Å². The Labute approximate surface area is 150 Å². The van der Waals surface area contributed by atoms with Crippen molar-refractivity contribution in [3.05, 3.63) is 30.1 Å². The molecule has 138 valence electrons. The van der Waals surface area contributed by atoms with Crippen LogP contribution in [-0.4, -0.2) is 49.6 Å². The summed E-state index contributed by atoms with van der Waals surface area (Å²) in [6, 6.07) is 6.98. The van der Waals surface area contributed by atoms with Gasteiger partial charge in [-0.1, -0.05) is 26.7 Å². The number of hydrogen-bond acceptors (Lipinski definition) is 3. The number of halogens is 1. The Morgan fingerprint density at radius 3 is 2.48 bits per heavy atom. The normalized spacial score (nSPS) is 28.0. The topological polar surface area (TPSA) is 35.6 Å². The van der Waals surface area contributed by atoms with E-state index in [1.807, 2.05) is 12.1 Å². The molecule has 1 saturated heterocycles. The van der Waals surface area contributed by atoms with Crippen LogP contribution in [0.5, 0.6) is 0 Å². The number of nitrogens with one attached hydrogen (secondary N) is 1. The van der Waals surface area contributed by atoms with Gasteiger partial charge in [0, 0.05) is 37.9 Å². The molecule has 1 heterocycles. The summed E-state index contributed by atoms with van der Waals surface area (Å²) < 4.78 is 13.0. The number of anilines is 1. The lowest BCUT2D eigenvalue weighted by molar-refractivity contribution is -0.123. The largest absolute Gasteiger partial charge is 0.369 e. The summed E-state index contributed by atoms with van der Waals surface area (Å²) >= 11 is 0. The minimum atomic E-state index is -0.203. The second kappa shape index (κ2) is 8.17. The molecule has 1 aromatic rings. The molecule has 1 N–H and O–H groups in total. The van der Waals surface area contributed by atoms with E-state index in [4.69, 9.17) is 0 Å². The van der Waals surface area contributed by atoms with E-state index in [2.05, 4.69) is 29.0 Å². The maximum Gasteiger partial charge on any atom is 0.234 e. The smallest absolute Gasteiger partial charge is 0.234 e. The third-order valence-corrected chi connectivity index (χ3v) is 5.98. The van der Waals surface area contributed by atoms with Crippen molar-refractivity contribution in [1.29, 1.82) is 0 Å². The van der Waals surface area contributed by atoms with Crippen LogP contribution in [0, 0.1) is 17.7 Å². The third kappa shape index (κ3) is 4.72. The Morgan fingerprint density at radius 1 is 1.12 bits per heavy atom. The van der Waals surface area contributed by atoms with Crippen LogP contribution in [0.2, 0.25) is 0 Å². The molecular formula is C20H30FN3O. The van der Waals surface area contributed by atoms with Gasteiger partial charge < -0.3 is 10.2 Å². The molecule has 0 spiro atoms. The van der Waals surface area contributed by atoms with Gasteiger partial charge in [0.15, 0.2) is 0 Å². The summed E-state index contributed by atoms with van der Waals surface area (Å²) in [5, 5.41) is 3.26. The molecule has 1 aromatic carbocycles. The highest BCUT2D eigenvalue weighted by Gasteiger charge is 2.28. The van der Waals surface area contributed by atoms with E-state index in [1.165, 1.54) is 25.0 Å². The summed E-state index contributed by atoms with van der Waals surface area (Å²) in [7, 11) is 0. The Morgan fingerprint density at radius 2 is 1.80 bits per heavy atom. The van der Waals surface area contributed by atoms with Crippen LogP contribution in [0.4, 0.5) is 10.1 Å². The third-order valence-electron chi connectivity index (χ3n) is 5.98. The zero-order valence-corrected chi connectivity index (χ0v) is 15.4. The lowest BCUT2D eigenvalue weighted by atomic mass is 9.78. The van der Waals surface area contributed by atoms with Gasteiger partial charge in [0.25, 0.3) is 0 Å². The molecule has 2 aliphatic rings. The van der Waals surface area contributed by atoms with Crippen molar-refractivity contribution in [1.82, 2.24) is 10.2 Å². The molecule has 1 aliphatic carbocycles. The SMILES string of the molecule is C[C@@H]1[C@H](C)CCC[C@@H]1NC(=O)CN1CCN(c2ccc(F)cc2)CC1. The lowest BCUT2D eigenvalue weighted by Crippen LogP contribution is -2.52. The number of amides is 1. The fourth-order valence-corrected chi connectivity index (χ4v) is 4.06. The summed E-state index contributed by atoms with van der Waals surface area (Å²) in [6.07, 6.45) is 3.60. The average molecular weight is 347 g/mol. The number of rotatable bonds is 4. The van der Waals surface area contributed by atoms with Crippen LogP contribution < -0.4 is 10.2 Å². The second-order valence-corrected chi connectivity index (χ2v) is 7.68. The van der Waals surface area contributed by atoms with Crippen LogP contribution >= 0.6 is 0 Å². The summed E-state index contributed by atoms with van der Waals surface area (Å²) in [5.74, 6) is 1.21. The Bertz CT molecular complexity index is 569. The van der Waals surface area contributed by atoms with Crippen LogP contribution in [0.1, 0.15) is 33.1 Å². The highest BCUT2D eigenvalue weighted by atomic mass is 19.1. The standard InChI is InChI=1S/C20H30FN3O/c1-15-4-3-5-19(16(15)2)22-20(25)14-23-10-12-24(13-11-23)18-8-6-17(21)7-9-18/h6-9,15-16,19H,3-5,10-14H2,1-2H3,(H,22,25)/t15-,16-,19+/m1/s1.